The van der Waals surface area contributed by atoms with Crippen LogP contribution in [0.3, 0.4) is 0 Å². The summed E-state index contributed by atoms with van der Waals surface area (Å²) in [7, 11) is 1.54. The fraction of sp³-hybridized carbons (Fsp3) is 0.750. The lowest BCUT2D eigenvalue weighted by Gasteiger charge is -2.14. The Kier molecular flexibility index (Phi) is 5.70. The fourth-order valence-corrected chi connectivity index (χ4v) is 0.903. The Bertz CT molecular complexity index is 197. The zero-order chi connectivity index (χ0) is 10.4. The summed E-state index contributed by atoms with van der Waals surface area (Å²) in [5.74, 6) is -0.345. The predicted octanol–water partition coefficient (Wildman–Crippen LogP) is 0.411. The van der Waals surface area contributed by atoms with Crippen molar-refractivity contribution in [3.05, 3.63) is 0 Å². The van der Waals surface area contributed by atoms with Gasteiger partial charge in [0.2, 0.25) is 11.8 Å². The molecular formula is C8H15BrN2O2. The summed E-state index contributed by atoms with van der Waals surface area (Å²) in [5.41, 5.74) is 0. The van der Waals surface area contributed by atoms with Crippen LogP contribution in [0.2, 0.25) is 0 Å². The molecule has 0 aliphatic carbocycles. The quantitative estimate of drug-likeness (QED) is 0.711. The third kappa shape index (κ3) is 4.26. The lowest BCUT2D eigenvalue weighted by atomic mass is 10.2. The van der Waals surface area contributed by atoms with Crippen LogP contribution in [-0.2, 0) is 9.59 Å². The van der Waals surface area contributed by atoms with Gasteiger partial charge in [0, 0.05) is 7.05 Å². The molecule has 76 valence electrons. The number of amides is 2. The summed E-state index contributed by atoms with van der Waals surface area (Å²) in [5, 5.41) is 5.04. The third-order valence-electron chi connectivity index (χ3n) is 1.64. The van der Waals surface area contributed by atoms with E-state index in [0.29, 0.717) is 6.42 Å². The molecule has 0 heterocycles. The van der Waals surface area contributed by atoms with Crippen molar-refractivity contribution in [1.29, 1.82) is 0 Å². The first-order valence-electron chi connectivity index (χ1n) is 4.19. The van der Waals surface area contributed by atoms with E-state index in [4.69, 9.17) is 0 Å². The largest absolute Gasteiger partial charge is 0.357 e. The molecule has 2 atom stereocenters. The normalized spacial score (nSPS) is 14.5. The van der Waals surface area contributed by atoms with Crippen molar-refractivity contribution >= 4 is 27.7 Å². The first-order chi connectivity index (χ1) is 6.02. The van der Waals surface area contributed by atoms with Crippen molar-refractivity contribution in [2.75, 3.05) is 7.05 Å². The van der Waals surface area contributed by atoms with Crippen LogP contribution in [0.25, 0.3) is 0 Å². The molecule has 0 aromatic heterocycles. The summed E-state index contributed by atoms with van der Waals surface area (Å²) >= 11 is 3.20. The third-order valence-corrected chi connectivity index (χ3v) is 2.70. The van der Waals surface area contributed by atoms with Gasteiger partial charge in [0.1, 0.15) is 6.04 Å². The van der Waals surface area contributed by atoms with Gasteiger partial charge in [-0.3, -0.25) is 9.59 Å². The molecule has 0 aromatic carbocycles. The Hall–Kier alpha value is -0.580. The molecule has 5 heteroatoms. The number of hydrogen-bond donors (Lipinski definition) is 2. The summed E-state index contributed by atoms with van der Waals surface area (Å²) in [6.07, 6.45) is 0.701. The monoisotopic (exact) mass is 250 g/mol. The van der Waals surface area contributed by atoms with E-state index >= 15 is 0 Å². The highest BCUT2D eigenvalue weighted by Crippen LogP contribution is 2.04. The van der Waals surface area contributed by atoms with Crippen LogP contribution in [-0.4, -0.2) is 29.7 Å². The van der Waals surface area contributed by atoms with Gasteiger partial charge in [0.05, 0.1) is 4.83 Å². The Balaban J connectivity index is 3.98. The topological polar surface area (TPSA) is 58.2 Å². The van der Waals surface area contributed by atoms with Crippen LogP contribution in [0.4, 0.5) is 0 Å². The standard InChI is InChI=1S/C8H15BrN2O2/c1-4-6(9)8(13)11-5(2)7(12)10-3/h5-6H,4H2,1-3H3,(H,10,12)(H,11,13). The highest BCUT2D eigenvalue weighted by Gasteiger charge is 2.18. The summed E-state index contributed by atoms with van der Waals surface area (Å²) < 4.78 is 0. The van der Waals surface area contributed by atoms with Crippen molar-refractivity contribution < 1.29 is 9.59 Å². The average Bonchev–Trinajstić information content (AvgIpc) is 2.14. The second kappa shape index (κ2) is 5.96. The number of carbonyl (C=O) groups is 2. The molecule has 13 heavy (non-hydrogen) atoms. The molecule has 0 aliphatic rings. The molecule has 0 fully saturated rings. The summed E-state index contributed by atoms with van der Waals surface area (Å²) in [6.45, 7) is 3.54. The van der Waals surface area contributed by atoms with Crippen LogP contribution in [0, 0.1) is 0 Å². The second-order valence-electron chi connectivity index (χ2n) is 2.72. The van der Waals surface area contributed by atoms with Gasteiger partial charge in [-0.25, -0.2) is 0 Å². The fourth-order valence-electron chi connectivity index (χ4n) is 0.771. The van der Waals surface area contributed by atoms with Gasteiger partial charge in [0.25, 0.3) is 0 Å². The first-order valence-corrected chi connectivity index (χ1v) is 5.10. The van der Waals surface area contributed by atoms with Crippen LogP contribution >= 0.6 is 15.9 Å². The molecule has 0 bridgehead atoms. The molecule has 2 N–H and O–H groups in total. The Morgan fingerprint density at radius 2 is 1.92 bits per heavy atom. The van der Waals surface area contributed by atoms with Gasteiger partial charge in [-0.2, -0.15) is 0 Å². The van der Waals surface area contributed by atoms with Crippen molar-refractivity contribution in [2.45, 2.75) is 31.1 Å². The maximum absolute atomic E-state index is 11.3. The number of carbonyl (C=O) groups excluding carboxylic acids is 2. The van der Waals surface area contributed by atoms with Crippen LogP contribution in [0.1, 0.15) is 20.3 Å². The number of likely N-dealkylation sites (N-methyl/N-ethyl adjacent to an activating group) is 1. The molecule has 0 saturated heterocycles. The lowest BCUT2D eigenvalue weighted by Crippen LogP contribution is -2.45. The maximum atomic E-state index is 11.3. The van der Waals surface area contributed by atoms with Gasteiger partial charge in [-0.05, 0) is 13.3 Å². The van der Waals surface area contributed by atoms with E-state index in [0.717, 1.165) is 0 Å². The highest BCUT2D eigenvalue weighted by molar-refractivity contribution is 9.10. The SMILES string of the molecule is CCC(Br)C(=O)NC(C)C(=O)NC. The minimum absolute atomic E-state index is 0.154. The Morgan fingerprint density at radius 1 is 1.38 bits per heavy atom. The van der Waals surface area contributed by atoms with E-state index < -0.39 is 6.04 Å². The molecule has 2 amide bonds. The van der Waals surface area contributed by atoms with E-state index in [9.17, 15) is 9.59 Å². The molecule has 0 rings (SSSR count). The van der Waals surface area contributed by atoms with E-state index in [2.05, 4.69) is 26.6 Å². The zero-order valence-electron chi connectivity index (χ0n) is 8.06. The van der Waals surface area contributed by atoms with Crippen molar-refractivity contribution in [3.63, 3.8) is 0 Å². The summed E-state index contributed by atoms with van der Waals surface area (Å²) in [6, 6.07) is -0.482. The molecule has 0 saturated carbocycles. The van der Waals surface area contributed by atoms with Crippen molar-refractivity contribution in [2.24, 2.45) is 0 Å². The van der Waals surface area contributed by atoms with Crippen LogP contribution in [0.5, 0.6) is 0 Å². The number of nitrogens with one attached hydrogen (secondary N) is 2. The molecule has 0 radical (unpaired) electrons. The van der Waals surface area contributed by atoms with E-state index in [-0.39, 0.29) is 16.6 Å². The number of hydrogen-bond acceptors (Lipinski definition) is 2. The number of alkyl halides is 1. The Labute approximate surface area is 86.6 Å². The van der Waals surface area contributed by atoms with Gasteiger partial charge >= 0.3 is 0 Å². The smallest absolute Gasteiger partial charge is 0.242 e. The molecule has 4 nitrogen and oxygen atoms in total. The molecule has 0 spiro atoms. The summed E-state index contributed by atoms with van der Waals surface area (Å²) in [4.78, 5) is 22.1. The predicted molar refractivity (Wildman–Crippen MR) is 54.7 cm³/mol. The number of halogens is 1. The average molecular weight is 251 g/mol. The zero-order valence-corrected chi connectivity index (χ0v) is 9.64. The Morgan fingerprint density at radius 3 is 2.31 bits per heavy atom. The maximum Gasteiger partial charge on any atom is 0.242 e. The van der Waals surface area contributed by atoms with Gasteiger partial charge in [-0.1, -0.05) is 22.9 Å². The van der Waals surface area contributed by atoms with Gasteiger partial charge < -0.3 is 10.6 Å². The van der Waals surface area contributed by atoms with Gasteiger partial charge in [-0.15, -0.1) is 0 Å². The minimum Gasteiger partial charge on any atom is -0.357 e. The van der Waals surface area contributed by atoms with E-state index in [1.165, 1.54) is 7.05 Å². The van der Waals surface area contributed by atoms with E-state index in [1.807, 2.05) is 6.92 Å². The molecule has 0 aliphatic heterocycles. The van der Waals surface area contributed by atoms with Crippen molar-refractivity contribution in [3.8, 4) is 0 Å². The highest BCUT2D eigenvalue weighted by atomic mass is 79.9. The van der Waals surface area contributed by atoms with Gasteiger partial charge in [0.15, 0.2) is 0 Å². The first kappa shape index (κ1) is 12.4. The van der Waals surface area contributed by atoms with Crippen LogP contribution < -0.4 is 10.6 Å². The second-order valence-corrected chi connectivity index (χ2v) is 3.83. The lowest BCUT2D eigenvalue weighted by molar-refractivity contribution is -0.128. The molecule has 0 aromatic rings. The molecular weight excluding hydrogens is 236 g/mol. The van der Waals surface area contributed by atoms with Crippen LogP contribution in [0.15, 0.2) is 0 Å². The number of rotatable bonds is 4. The molecule has 2 unspecified atom stereocenters. The van der Waals surface area contributed by atoms with E-state index in [1.54, 1.807) is 6.92 Å². The minimum atomic E-state index is -0.482. The van der Waals surface area contributed by atoms with Crippen molar-refractivity contribution in [1.82, 2.24) is 10.6 Å².